The number of nitrogen functional groups attached to an aromatic ring is 1. The Bertz CT molecular complexity index is 655. The summed E-state index contributed by atoms with van der Waals surface area (Å²) in [5, 5.41) is 3.29. The van der Waals surface area contributed by atoms with Crippen LogP contribution in [0.5, 0.6) is 5.75 Å². The lowest BCUT2D eigenvalue weighted by atomic mass is 9.78. The molecule has 0 radical (unpaired) electrons. The van der Waals surface area contributed by atoms with Crippen molar-refractivity contribution >= 4 is 11.8 Å². The minimum absolute atomic E-state index is 0.286. The largest absolute Gasteiger partial charge is 0.497 e. The number of nitrogens with zero attached hydrogens (tertiary/aromatic N) is 2. The highest BCUT2D eigenvalue weighted by Crippen LogP contribution is 2.35. The molecule has 0 saturated heterocycles. The van der Waals surface area contributed by atoms with Crippen molar-refractivity contribution in [2.45, 2.75) is 31.3 Å². The van der Waals surface area contributed by atoms with E-state index in [2.05, 4.69) is 15.3 Å². The van der Waals surface area contributed by atoms with Gasteiger partial charge in [0.05, 0.1) is 12.8 Å². The van der Waals surface area contributed by atoms with Gasteiger partial charge in [-0.2, -0.15) is 4.98 Å². The molecule has 3 rings (SSSR count). The molecule has 6 heteroatoms. The molecule has 1 heterocycles. The lowest BCUT2D eigenvalue weighted by Crippen LogP contribution is -2.35. The number of methoxy groups -OCH3 is 1. The van der Waals surface area contributed by atoms with Gasteiger partial charge in [-0.15, -0.1) is 0 Å². The van der Waals surface area contributed by atoms with Crippen molar-refractivity contribution in [2.75, 3.05) is 18.2 Å². The second-order valence-corrected chi connectivity index (χ2v) is 5.67. The minimum Gasteiger partial charge on any atom is -0.497 e. The number of hydrogen-bond acceptors (Lipinski definition) is 6. The SMILES string of the molecule is COc1cccc(CNc2cc(C3CC(N)C3)nc(N)n2)c1. The second kappa shape index (κ2) is 6.19. The van der Waals surface area contributed by atoms with Crippen molar-refractivity contribution in [2.24, 2.45) is 5.73 Å². The zero-order chi connectivity index (χ0) is 15.5. The van der Waals surface area contributed by atoms with Crippen molar-refractivity contribution in [1.29, 1.82) is 0 Å². The second-order valence-electron chi connectivity index (χ2n) is 5.67. The molecule has 0 spiro atoms. The van der Waals surface area contributed by atoms with Crippen molar-refractivity contribution in [3.05, 3.63) is 41.6 Å². The molecular weight excluding hydrogens is 278 g/mol. The zero-order valence-corrected chi connectivity index (χ0v) is 12.6. The average molecular weight is 299 g/mol. The standard InChI is InChI=1S/C16H21N5O/c1-22-13-4-2-3-10(5-13)9-19-15-8-14(20-16(18)21-15)11-6-12(17)7-11/h2-5,8,11-12H,6-7,9,17H2,1H3,(H3,18,19,20,21). The first kappa shape index (κ1) is 14.6. The molecule has 5 N–H and O–H groups in total. The molecule has 0 amide bonds. The van der Waals surface area contributed by atoms with E-state index in [0.29, 0.717) is 18.4 Å². The van der Waals surface area contributed by atoms with Gasteiger partial charge in [-0.25, -0.2) is 4.98 Å². The molecule has 0 unspecified atom stereocenters. The molecule has 1 aromatic carbocycles. The third-order valence-electron chi connectivity index (χ3n) is 3.96. The quantitative estimate of drug-likeness (QED) is 0.779. The fraction of sp³-hybridized carbons (Fsp3) is 0.375. The van der Waals surface area contributed by atoms with E-state index in [4.69, 9.17) is 16.2 Å². The summed E-state index contributed by atoms with van der Waals surface area (Å²) in [6, 6.07) is 10.2. The Balaban J connectivity index is 1.69. The van der Waals surface area contributed by atoms with E-state index in [1.807, 2.05) is 30.3 Å². The first-order chi connectivity index (χ1) is 10.6. The molecule has 1 aliphatic carbocycles. The van der Waals surface area contributed by atoms with Gasteiger partial charge in [-0.1, -0.05) is 12.1 Å². The molecule has 2 aromatic rings. The molecule has 116 valence electrons. The van der Waals surface area contributed by atoms with E-state index in [1.54, 1.807) is 7.11 Å². The number of benzene rings is 1. The molecular formula is C16H21N5O. The summed E-state index contributed by atoms with van der Waals surface area (Å²) in [7, 11) is 1.66. The van der Waals surface area contributed by atoms with E-state index in [0.717, 1.165) is 35.7 Å². The van der Waals surface area contributed by atoms with Crippen LogP contribution in [0.4, 0.5) is 11.8 Å². The molecule has 1 saturated carbocycles. The fourth-order valence-corrected chi connectivity index (χ4v) is 2.66. The van der Waals surface area contributed by atoms with Crippen LogP contribution in [0.1, 0.15) is 30.0 Å². The summed E-state index contributed by atoms with van der Waals surface area (Å²) in [5.41, 5.74) is 13.7. The van der Waals surface area contributed by atoms with Gasteiger partial charge in [0.15, 0.2) is 0 Å². The van der Waals surface area contributed by atoms with Gasteiger partial charge < -0.3 is 21.5 Å². The van der Waals surface area contributed by atoms with Crippen LogP contribution < -0.4 is 21.5 Å². The van der Waals surface area contributed by atoms with Crippen LogP contribution in [-0.4, -0.2) is 23.1 Å². The first-order valence-corrected chi connectivity index (χ1v) is 7.41. The number of aromatic nitrogens is 2. The van der Waals surface area contributed by atoms with Gasteiger partial charge in [-0.3, -0.25) is 0 Å². The summed E-state index contributed by atoms with van der Waals surface area (Å²) in [6.07, 6.45) is 1.93. The molecule has 0 bridgehead atoms. The Labute approximate surface area is 129 Å². The molecule has 1 aliphatic rings. The van der Waals surface area contributed by atoms with Gasteiger partial charge in [0.25, 0.3) is 0 Å². The summed E-state index contributed by atoms with van der Waals surface area (Å²) in [6.45, 7) is 0.650. The van der Waals surface area contributed by atoms with Crippen molar-refractivity contribution in [3.8, 4) is 5.75 Å². The lowest BCUT2D eigenvalue weighted by Gasteiger charge is -2.32. The highest BCUT2D eigenvalue weighted by Gasteiger charge is 2.29. The Morgan fingerprint density at radius 2 is 2.09 bits per heavy atom. The zero-order valence-electron chi connectivity index (χ0n) is 12.6. The number of hydrogen-bond donors (Lipinski definition) is 3. The maximum atomic E-state index is 5.84. The third kappa shape index (κ3) is 3.28. The fourth-order valence-electron chi connectivity index (χ4n) is 2.66. The normalized spacial score (nSPS) is 20.3. The highest BCUT2D eigenvalue weighted by atomic mass is 16.5. The van der Waals surface area contributed by atoms with E-state index in [-0.39, 0.29) is 6.04 Å². The van der Waals surface area contributed by atoms with Gasteiger partial charge in [-0.05, 0) is 30.5 Å². The van der Waals surface area contributed by atoms with E-state index < -0.39 is 0 Å². The minimum atomic E-state index is 0.286. The summed E-state index contributed by atoms with van der Waals surface area (Å²) in [4.78, 5) is 8.57. The van der Waals surface area contributed by atoms with Crippen LogP contribution >= 0.6 is 0 Å². The number of nitrogens with one attached hydrogen (secondary N) is 1. The molecule has 1 aromatic heterocycles. The molecule has 6 nitrogen and oxygen atoms in total. The van der Waals surface area contributed by atoms with Crippen molar-refractivity contribution in [1.82, 2.24) is 9.97 Å². The lowest BCUT2D eigenvalue weighted by molar-refractivity contribution is 0.345. The van der Waals surface area contributed by atoms with Gasteiger partial charge in [0.2, 0.25) is 5.95 Å². The smallest absolute Gasteiger partial charge is 0.222 e. The maximum Gasteiger partial charge on any atom is 0.222 e. The van der Waals surface area contributed by atoms with Crippen molar-refractivity contribution in [3.63, 3.8) is 0 Å². The Morgan fingerprint density at radius 1 is 1.27 bits per heavy atom. The third-order valence-corrected chi connectivity index (χ3v) is 3.96. The van der Waals surface area contributed by atoms with Gasteiger partial charge in [0.1, 0.15) is 11.6 Å². The van der Waals surface area contributed by atoms with Gasteiger partial charge in [0, 0.05) is 24.6 Å². The predicted molar refractivity (Wildman–Crippen MR) is 86.7 cm³/mol. The van der Waals surface area contributed by atoms with E-state index in [1.165, 1.54) is 0 Å². The number of anilines is 2. The molecule has 1 fully saturated rings. The van der Waals surface area contributed by atoms with Crippen LogP contribution in [0.2, 0.25) is 0 Å². The maximum absolute atomic E-state index is 5.84. The van der Waals surface area contributed by atoms with Crippen LogP contribution in [0.3, 0.4) is 0 Å². The predicted octanol–water partition coefficient (Wildman–Crippen LogP) is 1.88. The summed E-state index contributed by atoms with van der Waals surface area (Å²) >= 11 is 0. The van der Waals surface area contributed by atoms with Crippen LogP contribution in [0.25, 0.3) is 0 Å². The Morgan fingerprint density at radius 3 is 2.82 bits per heavy atom. The number of ether oxygens (including phenoxy) is 1. The molecule has 0 atom stereocenters. The van der Waals surface area contributed by atoms with Crippen molar-refractivity contribution < 1.29 is 4.74 Å². The van der Waals surface area contributed by atoms with E-state index >= 15 is 0 Å². The highest BCUT2D eigenvalue weighted by molar-refractivity contribution is 5.43. The first-order valence-electron chi connectivity index (χ1n) is 7.41. The average Bonchev–Trinajstić information content (AvgIpc) is 2.49. The van der Waals surface area contributed by atoms with Crippen LogP contribution in [-0.2, 0) is 6.54 Å². The number of rotatable bonds is 5. The Kier molecular flexibility index (Phi) is 4.11. The topological polar surface area (TPSA) is 99.1 Å². The monoisotopic (exact) mass is 299 g/mol. The molecule has 0 aliphatic heterocycles. The van der Waals surface area contributed by atoms with Gasteiger partial charge >= 0.3 is 0 Å². The summed E-state index contributed by atoms with van der Waals surface area (Å²) in [5.74, 6) is 2.28. The van der Waals surface area contributed by atoms with Crippen LogP contribution in [0.15, 0.2) is 30.3 Å². The summed E-state index contributed by atoms with van der Waals surface area (Å²) < 4.78 is 5.22. The molecule has 22 heavy (non-hydrogen) atoms. The number of nitrogens with two attached hydrogens (primary N) is 2. The Hall–Kier alpha value is -2.34. The van der Waals surface area contributed by atoms with E-state index in [9.17, 15) is 0 Å². The van der Waals surface area contributed by atoms with Crippen LogP contribution in [0, 0.1) is 0 Å².